The Hall–Kier alpha value is -3.53. The van der Waals surface area contributed by atoms with E-state index in [1.54, 1.807) is 12.3 Å². The molecule has 11 heteroatoms. The van der Waals surface area contributed by atoms with E-state index in [-0.39, 0.29) is 5.91 Å². The van der Waals surface area contributed by atoms with E-state index >= 15 is 0 Å². The van der Waals surface area contributed by atoms with Gasteiger partial charge in [0.2, 0.25) is 0 Å². The number of hydrogen-bond acceptors (Lipinski definition) is 6. The van der Waals surface area contributed by atoms with Gasteiger partial charge < -0.3 is 10.2 Å². The quantitative estimate of drug-likeness (QED) is 0.592. The highest BCUT2D eigenvalue weighted by molar-refractivity contribution is 6.33. The number of carbonyl (C=O) groups is 1. The maximum atomic E-state index is 13.0. The van der Waals surface area contributed by atoms with Gasteiger partial charge >= 0.3 is 6.18 Å². The summed E-state index contributed by atoms with van der Waals surface area (Å²) in [7, 11) is 0. The molecule has 0 bridgehead atoms. The highest BCUT2D eigenvalue weighted by atomic mass is 35.5. The van der Waals surface area contributed by atoms with Gasteiger partial charge in [0.05, 0.1) is 35.6 Å². The molecule has 7 nitrogen and oxygen atoms in total. The average molecular weight is 487 g/mol. The first-order valence-electron chi connectivity index (χ1n) is 10.5. The van der Waals surface area contributed by atoms with Crippen molar-refractivity contribution < 1.29 is 18.0 Å². The summed E-state index contributed by atoms with van der Waals surface area (Å²) >= 11 is 6.37. The summed E-state index contributed by atoms with van der Waals surface area (Å²) in [6.45, 7) is 2.62. The van der Waals surface area contributed by atoms with Crippen molar-refractivity contribution in [2.45, 2.75) is 25.1 Å². The summed E-state index contributed by atoms with van der Waals surface area (Å²) in [5.41, 5.74) is 0.207. The van der Waals surface area contributed by atoms with Crippen LogP contribution in [-0.4, -0.2) is 45.3 Å². The summed E-state index contributed by atoms with van der Waals surface area (Å²) < 4.78 is 39.0. The van der Waals surface area contributed by atoms with Crippen molar-refractivity contribution >= 4 is 29.2 Å². The van der Waals surface area contributed by atoms with Gasteiger partial charge in [0.1, 0.15) is 17.3 Å². The van der Waals surface area contributed by atoms with E-state index in [0.29, 0.717) is 58.7 Å². The van der Waals surface area contributed by atoms with Crippen molar-refractivity contribution in [3.05, 3.63) is 59.5 Å². The fraction of sp³-hybridized carbons (Fsp3) is 0.261. The summed E-state index contributed by atoms with van der Waals surface area (Å²) in [5, 5.41) is 3.13. The predicted octanol–water partition coefficient (Wildman–Crippen LogP) is 4.37. The number of amides is 1. The summed E-state index contributed by atoms with van der Waals surface area (Å²) in [6.07, 6.45) is 0.750. The summed E-state index contributed by atoms with van der Waals surface area (Å²) in [5.74, 6) is 1.04. The second-order valence-electron chi connectivity index (χ2n) is 8.11. The smallest absolute Gasteiger partial charge is 0.349 e. The Morgan fingerprint density at radius 2 is 1.85 bits per heavy atom. The number of nitrogens with zero attached hydrogens (tertiary/aromatic N) is 5. The molecule has 2 aliphatic rings. The van der Waals surface area contributed by atoms with E-state index in [2.05, 4.69) is 20.3 Å². The van der Waals surface area contributed by atoms with Crippen molar-refractivity contribution in [2.24, 2.45) is 4.99 Å². The van der Waals surface area contributed by atoms with Crippen molar-refractivity contribution in [3.63, 3.8) is 0 Å². The molecular formula is C23H18ClF3N6O. The Morgan fingerprint density at radius 3 is 2.47 bits per heavy atom. The fourth-order valence-corrected chi connectivity index (χ4v) is 4.24. The molecule has 0 aliphatic carbocycles. The summed E-state index contributed by atoms with van der Waals surface area (Å²) in [6, 6.07) is 6.39. The van der Waals surface area contributed by atoms with Crippen LogP contribution in [-0.2, 0) is 11.0 Å². The van der Waals surface area contributed by atoms with E-state index < -0.39 is 17.3 Å². The van der Waals surface area contributed by atoms with E-state index in [4.69, 9.17) is 16.6 Å². The molecule has 34 heavy (non-hydrogen) atoms. The lowest BCUT2D eigenvalue weighted by atomic mass is 9.90. The third-order valence-corrected chi connectivity index (χ3v) is 6.17. The molecule has 1 N–H and O–H groups in total. The molecule has 4 heterocycles. The van der Waals surface area contributed by atoms with Crippen LogP contribution in [0.2, 0.25) is 5.02 Å². The van der Waals surface area contributed by atoms with E-state index in [0.717, 1.165) is 12.1 Å². The highest BCUT2D eigenvalue weighted by Crippen LogP contribution is 2.38. The van der Waals surface area contributed by atoms with Crippen molar-refractivity contribution in [2.75, 3.05) is 18.0 Å². The Morgan fingerprint density at radius 1 is 1.12 bits per heavy atom. The van der Waals surface area contributed by atoms with E-state index in [9.17, 15) is 18.0 Å². The van der Waals surface area contributed by atoms with Crippen LogP contribution < -0.4 is 10.2 Å². The highest BCUT2D eigenvalue weighted by Gasteiger charge is 2.53. The monoisotopic (exact) mass is 486 g/mol. The van der Waals surface area contributed by atoms with Gasteiger partial charge in [-0.15, -0.1) is 0 Å². The zero-order valence-corrected chi connectivity index (χ0v) is 18.7. The van der Waals surface area contributed by atoms with Crippen LogP contribution in [0.5, 0.6) is 0 Å². The number of hydrogen-bond donors (Lipinski definition) is 1. The molecule has 1 spiro atoms. The molecule has 2 aromatic heterocycles. The molecule has 1 aromatic carbocycles. The number of rotatable bonds is 4. The van der Waals surface area contributed by atoms with Gasteiger partial charge in [0.25, 0.3) is 5.91 Å². The molecule has 0 radical (unpaired) electrons. The third kappa shape index (κ3) is 3.77. The van der Waals surface area contributed by atoms with Gasteiger partial charge in [-0.2, -0.15) is 13.2 Å². The summed E-state index contributed by atoms with van der Waals surface area (Å²) in [4.78, 5) is 32.1. The maximum Gasteiger partial charge on any atom is 0.416 e. The Balaban J connectivity index is 1.52. The van der Waals surface area contributed by atoms with Crippen LogP contribution in [0.3, 0.4) is 0 Å². The SMILES string of the molecule is CCC1=NC2(CN(c3cnc(-c4ccc(C(F)(F)F)cc4)c(-c4ccncc4Cl)n3)C2)C(=O)N1. The minimum absolute atomic E-state index is 0.132. The fourth-order valence-electron chi connectivity index (χ4n) is 4.03. The first kappa shape index (κ1) is 22.3. The van der Waals surface area contributed by atoms with Crippen LogP contribution in [0.4, 0.5) is 19.0 Å². The minimum Gasteiger partial charge on any atom is -0.349 e. The molecule has 0 unspecified atom stereocenters. The lowest BCUT2D eigenvalue weighted by molar-refractivity contribution is -0.137. The molecule has 1 amide bonds. The third-order valence-electron chi connectivity index (χ3n) is 5.87. The van der Waals surface area contributed by atoms with Crippen LogP contribution in [0.15, 0.2) is 53.9 Å². The molecule has 5 rings (SSSR count). The Kier molecular flexibility index (Phi) is 5.27. The molecule has 3 aromatic rings. The number of amidine groups is 1. The first-order valence-corrected chi connectivity index (χ1v) is 10.9. The van der Waals surface area contributed by atoms with Gasteiger partial charge in [-0.1, -0.05) is 30.7 Å². The van der Waals surface area contributed by atoms with Gasteiger partial charge in [-0.25, -0.2) is 4.98 Å². The lowest BCUT2D eigenvalue weighted by Gasteiger charge is -2.44. The number of carbonyl (C=O) groups excluding carboxylic acids is 1. The number of benzene rings is 1. The molecule has 174 valence electrons. The minimum atomic E-state index is -4.44. The van der Waals surface area contributed by atoms with E-state index in [1.165, 1.54) is 24.5 Å². The normalized spacial score (nSPS) is 16.9. The number of aliphatic imine (C=N–C) groups is 1. The van der Waals surface area contributed by atoms with Crippen molar-refractivity contribution in [3.8, 4) is 22.5 Å². The van der Waals surface area contributed by atoms with Crippen LogP contribution >= 0.6 is 11.6 Å². The zero-order chi connectivity index (χ0) is 24.1. The molecular weight excluding hydrogens is 469 g/mol. The molecule has 0 atom stereocenters. The number of anilines is 1. The predicted molar refractivity (Wildman–Crippen MR) is 122 cm³/mol. The lowest BCUT2D eigenvalue weighted by Crippen LogP contribution is -2.65. The van der Waals surface area contributed by atoms with Gasteiger partial charge in [0, 0.05) is 29.9 Å². The Labute approximate surface area is 197 Å². The van der Waals surface area contributed by atoms with Gasteiger partial charge in [-0.3, -0.25) is 19.8 Å². The topological polar surface area (TPSA) is 83.4 Å². The van der Waals surface area contributed by atoms with Gasteiger partial charge in [-0.05, 0) is 18.2 Å². The maximum absolute atomic E-state index is 13.0. The number of halogens is 4. The van der Waals surface area contributed by atoms with Crippen LogP contribution in [0.1, 0.15) is 18.9 Å². The number of nitrogens with one attached hydrogen (secondary N) is 1. The number of aromatic nitrogens is 3. The van der Waals surface area contributed by atoms with Crippen molar-refractivity contribution in [1.82, 2.24) is 20.3 Å². The second-order valence-corrected chi connectivity index (χ2v) is 8.52. The first-order chi connectivity index (χ1) is 16.2. The zero-order valence-electron chi connectivity index (χ0n) is 17.9. The average Bonchev–Trinajstić information content (AvgIpc) is 3.14. The van der Waals surface area contributed by atoms with Crippen LogP contribution in [0, 0.1) is 0 Å². The van der Waals surface area contributed by atoms with Crippen molar-refractivity contribution in [1.29, 1.82) is 0 Å². The molecule has 1 saturated heterocycles. The number of pyridine rings is 1. The largest absolute Gasteiger partial charge is 0.416 e. The van der Waals surface area contributed by atoms with Crippen LogP contribution in [0.25, 0.3) is 22.5 Å². The molecule has 2 aliphatic heterocycles. The van der Waals surface area contributed by atoms with E-state index in [1.807, 2.05) is 11.8 Å². The Bertz CT molecular complexity index is 1300. The molecule has 1 fully saturated rings. The standard InChI is InChI=1S/C23H18ClF3N6O/c1-2-17-30-21(34)22(32-17)11-33(12-22)18-10-29-19(13-3-5-14(6-4-13)23(25,26)27)20(31-18)15-7-8-28-9-16(15)24/h3-10H,2,11-12H2,1H3,(H,30,32,34). The number of alkyl halides is 3. The van der Waals surface area contributed by atoms with Gasteiger partial charge in [0.15, 0.2) is 5.54 Å². The molecule has 0 saturated carbocycles. The second kappa shape index (κ2) is 8.05.